The number of hydrogen-bond acceptors (Lipinski definition) is 5. The van der Waals surface area contributed by atoms with Crippen molar-refractivity contribution in [1.29, 1.82) is 0 Å². The smallest absolute Gasteiger partial charge is 0.138 e. The van der Waals surface area contributed by atoms with Crippen molar-refractivity contribution in [3.8, 4) is 0 Å². The van der Waals surface area contributed by atoms with Gasteiger partial charge >= 0.3 is 0 Å². The maximum Gasteiger partial charge on any atom is 0.138 e. The predicted octanol–water partition coefficient (Wildman–Crippen LogP) is 4.29. The summed E-state index contributed by atoms with van der Waals surface area (Å²) in [5.74, 6) is 0.915. The Morgan fingerprint density at radius 3 is 2.58 bits per heavy atom. The number of piperidine rings is 1. The van der Waals surface area contributed by atoms with Crippen LogP contribution in [-0.2, 0) is 13.1 Å². The fraction of sp³-hybridized carbons (Fsp3) is 0.368. The molecule has 0 atom stereocenters. The Hall–Kier alpha value is -1.98. The summed E-state index contributed by atoms with van der Waals surface area (Å²) >= 11 is 1.65. The highest BCUT2D eigenvalue weighted by Gasteiger charge is 2.10. The van der Waals surface area contributed by atoms with E-state index >= 15 is 0 Å². The van der Waals surface area contributed by atoms with Crippen molar-refractivity contribution in [3.05, 3.63) is 53.2 Å². The number of aromatic nitrogens is 2. The molecule has 0 amide bonds. The molecule has 4 rings (SSSR count). The highest BCUT2D eigenvalue weighted by molar-refractivity contribution is 7.16. The molecule has 1 fully saturated rings. The quantitative estimate of drug-likeness (QED) is 0.753. The van der Waals surface area contributed by atoms with E-state index < -0.39 is 0 Å². The van der Waals surface area contributed by atoms with Gasteiger partial charge in [-0.25, -0.2) is 9.97 Å². The normalized spacial score (nSPS) is 15.7. The molecule has 1 saturated heterocycles. The third kappa shape index (κ3) is 3.57. The Morgan fingerprint density at radius 2 is 1.75 bits per heavy atom. The van der Waals surface area contributed by atoms with Gasteiger partial charge in [0.15, 0.2) is 0 Å². The average molecular weight is 338 g/mol. The molecule has 0 saturated carbocycles. The number of fused-ring (bicyclic) bond motifs is 1. The fourth-order valence-electron chi connectivity index (χ4n) is 3.25. The Labute approximate surface area is 146 Å². The van der Waals surface area contributed by atoms with Gasteiger partial charge < -0.3 is 5.32 Å². The molecule has 0 radical (unpaired) electrons. The van der Waals surface area contributed by atoms with Crippen LogP contribution in [0.2, 0.25) is 0 Å². The third-order valence-corrected chi connectivity index (χ3v) is 5.42. The van der Waals surface area contributed by atoms with Crippen LogP contribution in [0.3, 0.4) is 0 Å². The summed E-state index contributed by atoms with van der Waals surface area (Å²) in [6.07, 6.45) is 5.71. The van der Waals surface area contributed by atoms with Gasteiger partial charge in [0.1, 0.15) is 17.0 Å². The maximum absolute atomic E-state index is 4.37. The Morgan fingerprint density at radius 1 is 0.958 bits per heavy atom. The summed E-state index contributed by atoms with van der Waals surface area (Å²) < 4.78 is 0. The molecule has 0 spiro atoms. The first-order valence-electron chi connectivity index (χ1n) is 8.61. The summed E-state index contributed by atoms with van der Waals surface area (Å²) in [7, 11) is 0. The largest absolute Gasteiger partial charge is 0.365 e. The van der Waals surface area contributed by atoms with Crippen LogP contribution in [0.4, 0.5) is 5.82 Å². The predicted molar refractivity (Wildman–Crippen MR) is 100 cm³/mol. The molecule has 24 heavy (non-hydrogen) atoms. The van der Waals surface area contributed by atoms with Crippen LogP contribution in [0.5, 0.6) is 0 Å². The van der Waals surface area contributed by atoms with Crippen LogP contribution in [-0.4, -0.2) is 28.0 Å². The molecule has 3 heterocycles. The number of hydrogen-bond donors (Lipinski definition) is 1. The lowest BCUT2D eigenvalue weighted by Crippen LogP contribution is -2.29. The molecule has 3 aromatic rings. The van der Waals surface area contributed by atoms with E-state index in [1.54, 1.807) is 17.7 Å². The van der Waals surface area contributed by atoms with E-state index in [0.717, 1.165) is 29.1 Å². The summed E-state index contributed by atoms with van der Waals surface area (Å²) in [5, 5.41) is 6.59. The molecule has 0 unspecified atom stereocenters. The van der Waals surface area contributed by atoms with Gasteiger partial charge in [0, 0.05) is 13.1 Å². The van der Waals surface area contributed by atoms with Crippen molar-refractivity contribution < 1.29 is 0 Å². The second-order valence-corrected chi connectivity index (χ2v) is 7.26. The van der Waals surface area contributed by atoms with Crippen molar-refractivity contribution in [2.24, 2.45) is 0 Å². The Bertz CT molecular complexity index is 790. The molecule has 4 nitrogen and oxygen atoms in total. The molecule has 124 valence electrons. The number of rotatable bonds is 5. The number of anilines is 1. The SMILES string of the molecule is c1nc(NCc2ccc(CN3CCCCC3)cc2)c2ccsc2n1. The Kier molecular flexibility index (Phi) is 4.71. The molecule has 1 N–H and O–H groups in total. The van der Waals surface area contributed by atoms with Crippen LogP contribution < -0.4 is 5.32 Å². The lowest BCUT2D eigenvalue weighted by molar-refractivity contribution is 0.221. The van der Waals surface area contributed by atoms with Crippen LogP contribution in [0.25, 0.3) is 10.2 Å². The molecule has 1 aliphatic rings. The first kappa shape index (κ1) is 15.5. The van der Waals surface area contributed by atoms with Gasteiger partial charge in [-0.05, 0) is 48.5 Å². The zero-order valence-electron chi connectivity index (χ0n) is 13.7. The molecular formula is C19H22N4S. The molecule has 2 aromatic heterocycles. The van der Waals surface area contributed by atoms with E-state index in [4.69, 9.17) is 0 Å². The monoisotopic (exact) mass is 338 g/mol. The topological polar surface area (TPSA) is 41.1 Å². The number of nitrogens with one attached hydrogen (secondary N) is 1. The van der Waals surface area contributed by atoms with E-state index in [1.165, 1.54) is 43.5 Å². The molecular weight excluding hydrogens is 316 g/mol. The van der Waals surface area contributed by atoms with Crippen LogP contribution in [0.15, 0.2) is 42.0 Å². The van der Waals surface area contributed by atoms with E-state index in [2.05, 4.69) is 55.9 Å². The molecule has 0 aliphatic carbocycles. The third-order valence-electron chi connectivity index (χ3n) is 4.60. The van der Waals surface area contributed by atoms with Gasteiger partial charge in [-0.2, -0.15) is 0 Å². The zero-order valence-corrected chi connectivity index (χ0v) is 14.6. The van der Waals surface area contributed by atoms with Gasteiger partial charge in [0.25, 0.3) is 0 Å². The summed E-state index contributed by atoms with van der Waals surface area (Å²) in [5.41, 5.74) is 2.68. The van der Waals surface area contributed by atoms with Crippen molar-refractivity contribution in [3.63, 3.8) is 0 Å². The first-order chi connectivity index (χ1) is 11.9. The number of likely N-dealkylation sites (tertiary alicyclic amines) is 1. The van der Waals surface area contributed by atoms with Gasteiger partial charge in [0.05, 0.1) is 5.39 Å². The highest BCUT2D eigenvalue weighted by Crippen LogP contribution is 2.24. The van der Waals surface area contributed by atoms with Gasteiger partial charge in [-0.3, -0.25) is 4.90 Å². The highest BCUT2D eigenvalue weighted by atomic mass is 32.1. The minimum atomic E-state index is 0.784. The minimum absolute atomic E-state index is 0.784. The lowest BCUT2D eigenvalue weighted by Gasteiger charge is -2.26. The van der Waals surface area contributed by atoms with E-state index in [0.29, 0.717) is 0 Å². The maximum atomic E-state index is 4.37. The van der Waals surface area contributed by atoms with Gasteiger partial charge in [0.2, 0.25) is 0 Å². The second-order valence-electron chi connectivity index (χ2n) is 6.37. The van der Waals surface area contributed by atoms with Crippen LogP contribution in [0, 0.1) is 0 Å². The van der Waals surface area contributed by atoms with Crippen molar-refractivity contribution in [2.45, 2.75) is 32.4 Å². The van der Waals surface area contributed by atoms with E-state index in [9.17, 15) is 0 Å². The molecule has 0 bridgehead atoms. The molecule has 5 heteroatoms. The summed E-state index contributed by atoms with van der Waals surface area (Å²) in [4.78, 5) is 12.2. The number of benzene rings is 1. The minimum Gasteiger partial charge on any atom is -0.365 e. The van der Waals surface area contributed by atoms with Crippen LogP contribution in [0.1, 0.15) is 30.4 Å². The van der Waals surface area contributed by atoms with Crippen molar-refractivity contribution in [2.75, 3.05) is 18.4 Å². The first-order valence-corrected chi connectivity index (χ1v) is 9.49. The zero-order chi connectivity index (χ0) is 16.2. The number of thiophene rings is 1. The van der Waals surface area contributed by atoms with E-state index in [-0.39, 0.29) is 0 Å². The summed E-state index contributed by atoms with van der Waals surface area (Å²) in [6, 6.07) is 11.0. The molecule has 1 aliphatic heterocycles. The lowest BCUT2D eigenvalue weighted by atomic mass is 10.1. The van der Waals surface area contributed by atoms with Crippen molar-refractivity contribution in [1.82, 2.24) is 14.9 Å². The Balaban J connectivity index is 1.37. The van der Waals surface area contributed by atoms with Crippen molar-refractivity contribution >= 4 is 27.4 Å². The van der Waals surface area contributed by atoms with Gasteiger partial charge in [-0.15, -0.1) is 11.3 Å². The number of nitrogens with zero attached hydrogens (tertiary/aromatic N) is 3. The average Bonchev–Trinajstić information content (AvgIpc) is 3.11. The van der Waals surface area contributed by atoms with E-state index in [1.807, 2.05) is 0 Å². The van der Waals surface area contributed by atoms with Crippen LogP contribution >= 0.6 is 11.3 Å². The second kappa shape index (κ2) is 7.28. The fourth-order valence-corrected chi connectivity index (χ4v) is 3.99. The standard InChI is InChI=1S/C19H22N4S/c1-2-9-23(10-3-1)13-16-6-4-15(5-7-16)12-20-18-17-8-11-24-19(17)22-14-21-18/h4-8,11,14H,1-3,9-10,12-13H2,(H,20,21,22). The van der Waals surface area contributed by atoms with Gasteiger partial charge in [-0.1, -0.05) is 30.7 Å². The summed E-state index contributed by atoms with van der Waals surface area (Å²) in [6.45, 7) is 4.35. The molecule has 1 aromatic carbocycles.